The van der Waals surface area contributed by atoms with Gasteiger partial charge in [0, 0.05) is 41.6 Å². The minimum Gasteiger partial charge on any atom is -0.492 e. The van der Waals surface area contributed by atoms with Gasteiger partial charge in [0.15, 0.2) is 0 Å². The van der Waals surface area contributed by atoms with Gasteiger partial charge in [0.25, 0.3) is 0 Å². The summed E-state index contributed by atoms with van der Waals surface area (Å²) in [6.07, 6.45) is 0.925. The zero-order valence-electron chi connectivity index (χ0n) is 14.9. The van der Waals surface area contributed by atoms with Crippen molar-refractivity contribution in [2.24, 2.45) is 0 Å². The summed E-state index contributed by atoms with van der Waals surface area (Å²) in [7, 11) is 0. The van der Waals surface area contributed by atoms with Crippen LogP contribution in [-0.4, -0.2) is 32.9 Å². The first-order valence-corrected chi connectivity index (χ1v) is 9.70. The van der Waals surface area contributed by atoms with Crippen molar-refractivity contribution in [3.63, 3.8) is 0 Å². The number of hydrogen-bond acceptors (Lipinski definition) is 4. The smallest absolute Gasteiger partial charge is 0.142 e. The van der Waals surface area contributed by atoms with E-state index in [4.69, 9.17) is 32.7 Å². The van der Waals surface area contributed by atoms with Crippen LogP contribution in [-0.2, 0) is 11.3 Å². The highest BCUT2D eigenvalue weighted by Gasteiger charge is 2.12. The van der Waals surface area contributed by atoms with Crippen LogP contribution in [0.2, 0.25) is 10.0 Å². The quantitative estimate of drug-likeness (QED) is 0.696. The van der Waals surface area contributed by atoms with Gasteiger partial charge in [-0.15, -0.1) is 0 Å². The summed E-state index contributed by atoms with van der Waals surface area (Å²) < 4.78 is 11.2. The highest BCUT2D eigenvalue weighted by atomic mass is 35.5. The van der Waals surface area contributed by atoms with Crippen molar-refractivity contribution in [2.75, 3.05) is 43.1 Å². The fourth-order valence-corrected chi connectivity index (χ4v) is 3.51. The molecule has 3 rings (SSSR count). The third-order valence-electron chi connectivity index (χ3n) is 4.26. The Balaban J connectivity index is 1.66. The number of rotatable bonds is 7. The molecule has 4 nitrogen and oxygen atoms in total. The minimum atomic E-state index is 0.547. The Morgan fingerprint density at radius 3 is 2.54 bits per heavy atom. The highest BCUT2D eigenvalue weighted by Crippen LogP contribution is 2.33. The molecular formula is C20H24Cl2N2O2. The summed E-state index contributed by atoms with van der Waals surface area (Å²) in [6.45, 7) is 6.74. The van der Waals surface area contributed by atoms with E-state index >= 15 is 0 Å². The molecule has 0 bridgehead atoms. The van der Waals surface area contributed by atoms with Crippen LogP contribution in [0.3, 0.4) is 0 Å². The van der Waals surface area contributed by atoms with Crippen molar-refractivity contribution in [2.45, 2.75) is 19.9 Å². The number of nitrogens with zero attached hydrogens (tertiary/aromatic N) is 1. The van der Waals surface area contributed by atoms with E-state index in [1.165, 1.54) is 5.69 Å². The van der Waals surface area contributed by atoms with Gasteiger partial charge in [0.2, 0.25) is 0 Å². The Kier molecular flexibility index (Phi) is 6.89. The topological polar surface area (TPSA) is 33.7 Å². The second-order valence-electron chi connectivity index (χ2n) is 6.22. The molecule has 0 radical (unpaired) electrons. The molecule has 0 spiro atoms. The van der Waals surface area contributed by atoms with Crippen LogP contribution in [0.4, 0.5) is 11.4 Å². The van der Waals surface area contributed by atoms with E-state index in [1.54, 1.807) is 6.07 Å². The van der Waals surface area contributed by atoms with Crippen molar-refractivity contribution in [1.82, 2.24) is 0 Å². The van der Waals surface area contributed by atoms with Gasteiger partial charge >= 0.3 is 0 Å². The van der Waals surface area contributed by atoms with E-state index in [9.17, 15) is 0 Å². The lowest BCUT2D eigenvalue weighted by atomic mass is 10.2. The van der Waals surface area contributed by atoms with Crippen LogP contribution in [0.1, 0.15) is 18.9 Å². The number of nitrogens with one attached hydrogen (secondary N) is 1. The molecule has 1 aliphatic rings. The van der Waals surface area contributed by atoms with E-state index in [1.807, 2.05) is 6.07 Å². The molecule has 1 aliphatic heterocycles. The molecule has 0 unspecified atom stereocenters. The maximum Gasteiger partial charge on any atom is 0.142 e. The molecule has 26 heavy (non-hydrogen) atoms. The van der Waals surface area contributed by atoms with Crippen LogP contribution in [0.25, 0.3) is 0 Å². The summed E-state index contributed by atoms with van der Waals surface area (Å²) >= 11 is 12.5. The maximum absolute atomic E-state index is 6.31. The first-order chi connectivity index (χ1) is 12.7. The van der Waals surface area contributed by atoms with E-state index < -0.39 is 0 Å². The molecule has 1 saturated heterocycles. The van der Waals surface area contributed by atoms with Crippen molar-refractivity contribution in [1.29, 1.82) is 0 Å². The molecule has 2 aromatic carbocycles. The second kappa shape index (κ2) is 9.36. The summed E-state index contributed by atoms with van der Waals surface area (Å²) in [5.74, 6) is 0.704. The predicted octanol–water partition coefficient (Wildman–Crippen LogP) is 5.23. The van der Waals surface area contributed by atoms with Crippen molar-refractivity contribution in [3.8, 4) is 5.75 Å². The number of benzene rings is 2. The predicted molar refractivity (Wildman–Crippen MR) is 109 cm³/mol. The van der Waals surface area contributed by atoms with Crippen LogP contribution in [0.5, 0.6) is 5.75 Å². The average molecular weight is 395 g/mol. The molecule has 1 fully saturated rings. The Bertz CT molecular complexity index is 716. The minimum absolute atomic E-state index is 0.547. The van der Waals surface area contributed by atoms with E-state index in [-0.39, 0.29) is 0 Å². The number of anilines is 2. The highest BCUT2D eigenvalue weighted by molar-refractivity contribution is 6.35. The van der Waals surface area contributed by atoms with Gasteiger partial charge in [0.1, 0.15) is 5.75 Å². The molecule has 2 aromatic rings. The summed E-state index contributed by atoms with van der Waals surface area (Å²) in [5, 5.41) is 4.58. The van der Waals surface area contributed by atoms with E-state index in [0.29, 0.717) is 28.9 Å². The largest absolute Gasteiger partial charge is 0.492 e. The Labute approximate surface area is 165 Å². The van der Waals surface area contributed by atoms with Crippen LogP contribution in [0.15, 0.2) is 36.4 Å². The van der Waals surface area contributed by atoms with Gasteiger partial charge in [-0.2, -0.15) is 0 Å². The lowest BCUT2D eigenvalue weighted by Crippen LogP contribution is -2.36. The van der Waals surface area contributed by atoms with Gasteiger partial charge in [0.05, 0.1) is 24.8 Å². The van der Waals surface area contributed by atoms with Crippen molar-refractivity contribution >= 4 is 34.6 Å². The third kappa shape index (κ3) is 4.97. The molecule has 140 valence electrons. The van der Waals surface area contributed by atoms with Gasteiger partial charge in [-0.25, -0.2) is 0 Å². The summed E-state index contributed by atoms with van der Waals surface area (Å²) in [4.78, 5) is 2.33. The zero-order valence-corrected chi connectivity index (χ0v) is 16.4. The first-order valence-electron chi connectivity index (χ1n) is 8.94. The number of ether oxygens (including phenoxy) is 2. The Morgan fingerprint density at radius 1 is 1.12 bits per heavy atom. The number of morpholine rings is 1. The van der Waals surface area contributed by atoms with Gasteiger partial charge in [-0.05, 0) is 42.8 Å². The fourth-order valence-electron chi connectivity index (χ4n) is 2.92. The van der Waals surface area contributed by atoms with Crippen molar-refractivity contribution in [3.05, 3.63) is 52.0 Å². The molecule has 0 aliphatic carbocycles. The van der Waals surface area contributed by atoms with Crippen molar-refractivity contribution < 1.29 is 9.47 Å². The van der Waals surface area contributed by atoms with Crippen LogP contribution in [0, 0.1) is 0 Å². The normalized spacial score (nSPS) is 14.3. The monoisotopic (exact) mass is 394 g/mol. The number of halogens is 2. The molecular weight excluding hydrogens is 371 g/mol. The summed E-state index contributed by atoms with van der Waals surface area (Å²) in [5.41, 5.74) is 3.21. The molecule has 0 aromatic heterocycles. The standard InChI is InChI=1S/C20H24Cl2N2O2/c1-2-9-26-20-15(12-16(21)13-19(20)22)14-23-17-3-5-18(6-4-17)24-7-10-25-11-8-24/h3-6,12-13,23H,2,7-11,14H2,1H3. The Hall–Kier alpha value is -1.62. The second-order valence-corrected chi connectivity index (χ2v) is 7.07. The lowest BCUT2D eigenvalue weighted by Gasteiger charge is -2.29. The number of hydrogen-bond donors (Lipinski definition) is 1. The molecule has 1 heterocycles. The van der Waals surface area contributed by atoms with Gasteiger partial charge < -0.3 is 19.7 Å². The van der Waals surface area contributed by atoms with Gasteiger partial charge in [-0.3, -0.25) is 0 Å². The molecule has 1 N–H and O–H groups in total. The maximum atomic E-state index is 6.31. The summed E-state index contributed by atoms with van der Waals surface area (Å²) in [6, 6.07) is 12.1. The third-order valence-corrected chi connectivity index (χ3v) is 4.76. The fraction of sp³-hybridized carbons (Fsp3) is 0.400. The zero-order chi connectivity index (χ0) is 18.4. The lowest BCUT2D eigenvalue weighted by molar-refractivity contribution is 0.122. The first kappa shape index (κ1) is 19.2. The molecule has 6 heteroatoms. The van der Waals surface area contributed by atoms with Crippen LogP contribution < -0.4 is 15.0 Å². The molecule has 0 amide bonds. The molecule has 0 atom stereocenters. The SMILES string of the molecule is CCCOc1c(Cl)cc(Cl)cc1CNc1ccc(N2CCOCC2)cc1. The van der Waals surface area contributed by atoms with Crippen LogP contribution >= 0.6 is 23.2 Å². The van der Waals surface area contributed by atoms with E-state index in [2.05, 4.69) is 41.4 Å². The average Bonchev–Trinajstić information content (AvgIpc) is 2.66. The Morgan fingerprint density at radius 2 is 1.85 bits per heavy atom. The molecule has 0 saturated carbocycles. The van der Waals surface area contributed by atoms with E-state index in [0.717, 1.165) is 44.0 Å². The van der Waals surface area contributed by atoms with Gasteiger partial charge in [-0.1, -0.05) is 30.1 Å².